The Labute approximate surface area is 119 Å². The molecule has 3 heterocycles. The molecule has 0 spiro atoms. The lowest BCUT2D eigenvalue weighted by Crippen LogP contribution is -2.43. The Balaban J connectivity index is 2.11. The first kappa shape index (κ1) is 13.3. The van der Waals surface area contributed by atoms with Gasteiger partial charge in [0.05, 0.1) is 18.9 Å². The molecule has 7 heteroatoms. The number of morpholine rings is 1. The van der Waals surface area contributed by atoms with E-state index in [-0.39, 0.29) is 17.0 Å². The molecule has 1 aliphatic heterocycles. The SMILES string of the molecule is CCc1nc2sccn2c(=O)c1C(=O)N1CCOCC1. The summed E-state index contributed by atoms with van der Waals surface area (Å²) in [6.07, 6.45) is 2.22. The molecular formula is C13H15N3O3S. The zero-order chi connectivity index (χ0) is 14.1. The van der Waals surface area contributed by atoms with Crippen LogP contribution in [0.4, 0.5) is 0 Å². The highest BCUT2D eigenvalue weighted by molar-refractivity contribution is 7.15. The summed E-state index contributed by atoms with van der Waals surface area (Å²) in [5, 5.41) is 1.80. The van der Waals surface area contributed by atoms with Gasteiger partial charge in [0.25, 0.3) is 11.5 Å². The van der Waals surface area contributed by atoms with Crippen molar-refractivity contribution < 1.29 is 9.53 Å². The highest BCUT2D eigenvalue weighted by Crippen LogP contribution is 2.13. The van der Waals surface area contributed by atoms with Crippen LogP contribution < -0.4 is 5.56 Å². The van der Waals surface area contributed by atoms with Crippen molar-refractivity contribution in [2.75, 3.05) is 26.3 Å². The molecule has 106 valence electrons. The molecule has 3 rings (SSSR count). The zero-order valence-corrected chi connectivity index (χ0v) is 12.0. The third-order valence-electron chi connectivity index (χ3n) is 3.39. The maximum Gasteiger partial charge on any atom is 0.271 e. The summed E-state index contributed by atoms with van der Waals surface area (Å²) in [5.41, 5.74) is 0.504. The van der Waals surface area contributed by atoms with Gasteiger partial charge >= 0.3 is 0 Å². The molecule has 1 aliphatic rings. The molecule has 1 saturated heterocycles. The molecule has 0 saturated carbocycles. The minimum Gasteiger partial charge on any atom is -0.378 e. The van der Waals surface area contributed by atoms with E-state index in [1.54, 1.807) is 16.5 Å². The van der Waals surface area contributed by atoms with Crippen LogP contribution in [0, 0.1) is 0 Å². The normalized spacial score (nSPS) is 15.8. The highest BCUT2D eigenvalue weighted by Gasteiger charge is 2.25. The average Bonchev–Trinajstić information content (AvgIpc) is 2.96. The number of hydrogen-bond acceptors (Lipinski definition) is 5. The molecule has 0 bridgehead atoms. The summed E-state index contributed by atoms with van der Waals surface area (Å²) in [5.74, 6) is -0.233. The van der Waals surface area contributed by atoms with E-state index in [0.29, 0.717) is 43.4 Å². The first-order valence-corrected chi connectivity index (χ1v) is 7.46. The topological polar surface area (TPSA) is 63.9 Å². The Hall–Kier alpha value is -1.73. The number of rotatable bonds is 2. The molecular weight excluding hydrogens is 278 g/mol. The third-order valence-corrected chi connectivity index (χ3v) is 4.14. The number of ether oxygens (including phenoxy) is 1. The minimum atomic E-state index is -0.274. The van der Waals surface area contributed by atoms with Crippen molar-refractivity contribution in [3.8, 4) is 0 Å². The summed E-state index contributed by atoms with van der Waals surface area (Å²) in [7, 11) is 0. The Morgan fingerprint density at radius 3 is 2.90 bits per heavy atom. The fourth-order valence-corrected chi connectivity index (χ4v) is 3.04. The summed E-state index contributed by atoms with van der Waals surface area (Å²) in [6, 6.07) is 0. The van der Waals surface area contributed by atoms with E-state index in [4.69, 9.17) is 4.74 Å². The lowest BCUT2D eigenvalue weighted by molar-refractivity contribution is 0.0300. The van der Waals surface area contributed by atoms with Crippen LogP contribution in [0.1, 0.15) is 23.0 Å². The molecule has 0 N–H and O–H groups in total. The van der Waals surface area contributed by atoms with Crippen LogP contribution in [-0.2, 0) is 11.2 Å². The fourth-order valence-electron chi connectivity index (χ4n) is 2.32. The van der Waals surface area contributed by atoms with Gasteiger partial charge in [0.2, 0.25) is 0 Å². The van der Waals surface area contributed by atoms with Gasteiger partial charge < -0.3 is 9.64 Å². The van der Waals surface area contributed by atoms with E-state index in [0.717, 1.165) is 0 Å². The quantitative estimate of drug-likeness (QED) is 0.821. The predicted molar refractivity (Wildman–Crippen MR) is 75.4 cm³/mol. The van der Waals surface area contributed by atoms with Crippen LogP contribution in [0.25, 0.3) is 4.96 Å². The monoisotopic (exact) mass is 293 g/mol. The van der Waals surface area contributed by atoms with Crippen molar-refractivity contribution in [1.29, 1.82) is 0 Å². The Kier molecular flexibility index (Phi) is 3.54. The number of amides is 1. The first-order chi connectivity index (χ1) is 9.72. The summed E-state index contributed by atoms with van der Waals surface area (Å²) in [4.78, 5) is 31.8. The number of carbonyl (C=O) groups is 1. The van der Waals surface area contributed by atoms with Crippen molar-refractivity contribution in [1.82, 2.24) is 14.3 Å². The Bertz CT molecular complexity index is 700. The van der Waals surface area contributed by atoms with Gasteiger partial charge in [-0.05, 0) is 6.42 Å². The molecule has 0 aromatic carbocycles. The smallest absolute Gasteiger partial charge is 0.271 e. The van der Waals surface area contributed by atoms with E-state index in [1.807, 2.05) is 6.92 Å². The van der Waals surface area contributed by atoms with Gasteiger partial charge in [-0.1, -0.05) is 6.92 Å². The van der Waals surface area contributed by atoms with Crippen LogP contribution in [0.15, 0.2) is 16.4 Å². The van der Waals surface area contributed by atoms with E-state index >= 15 is 0 Å². The van der Waals surface area contributed by atoms with Crippen LogP contribution in [0.3, 0.4) is 0 Å². The summed E-state index contributed by atoms with van der Waals surface area (Å²) in [6.45, 7) is 3.98. The Morgan fingerprint density at radius 2 is 2.20 bits per heavy atom. The molecule has 1 amide bonds. The van der Waals surface area contributed by atoms with Gasteiger partial charge in [-0.15, -0.1) is 11.3 Å². The van der Waals surface area contributed by atoms with E-state index in [1.165, 1.54) is 15.7 Å². The van der Waals surface area contributed by atoms with Crippen molar-refractivity contribution in [3.05, 3.63) is 33.2 Å². The zero-order valence-electron chi connectivity index (χ0n) is 11.2. The van der Waals surface area contributed by atoms with Crippen molar-refractivity contribution >= 4 is 22.2 Å². The van der Waals surface area contributed by atoms with E-state index in [9.17, 15) is 9.59 Å². The largest absolute Gasteiger partial charge is 0.378 e. The van der Waals surface area contributed by atoms with Gasteiger partial charge in [-0.2, -0.15) is 0 Å². The van der Waals surface area contributed by atoms with Crippen molar-refractivity contribution in [2.45, 2.75) is 13.3 Å². The number of nitrogens with zero attached hydrogens (tertiary/aromatic N) is 3. The minimum absolute atomic E-state index is 0.199. The molecule has 6 nitrogen and oxygen atoms in total. The molecule has 0 unspecified atom stereocenters. The number of aromatic nitrogens is 2. The number of hydrogen-bond donors (Lipinski definition) is 0. The number of thiazole rings is 1. The summed E-state index contributed by atoms with van der Waals surface area (Å²) < 4.78 is 6.68. The van der Waals surface area contributed by atoms with Crippen LogP contribution in [0.5, 0.6) is 0 Å². The fraction of sp³-hybridized carbons (Fsp3) is 0.462. The van der Waals surface area contributed by atoms with Gasteiger partial charge in [0.1, 0.15) is 5.56 Å². The number of aryl methyl sites for hydroxylation is 1. The maximum absolute atomic E-state index is 12.6. The van der Waals surface area contributed by atoms with Crippen molar-refractivity contribution in [2.24, 2.45) is 0 Å². The molecule has 20 heavy (non-hydrogen) atoms. The van der Waals surface area contributed by atoms with Crippen LogP contribution >= 0.6 is 11.3 Å². The highest BCUT2D eigenvalue weighted by atomic mass is 32.1. The molecule has 0 atom stereocenters. The third kappa shape index (κ3) is 2.12. The molecule has 1 fully saturated rings. The molecule has 0 aliphatic carbocycles. The average molecular weight is 293 g/mol. The van der Waals surface area contributed by atoms with Gasteiger partial charge in [0, 0.05) is 24.7 Å². The molecule has 2 aromatic rings. The predicted octanol–water partition coefficient (Wildman–Crippen LogP) is 0.791. The molecule has 0 radical (unpaired) electrons. The second-order valence-corrected chi connectivity index (χ2v) is 5.43. The van der Waals surface area contributed by atoms with E-state index in [2.05, 4.69) is 4.98 Å². The van der Waals surface area contributed by atoms with Crippen molar-refractivity contribution in [3.63, 3.8) is 0 Å². The second-order valence-electron chi connectivity index (χ2n) is 4.55. The van der Waals surface area contributed by atoms with Crippen LogP contribution in [0.2, 0.25) is 0 Å². The number of carbonyl (C=O) groups excluding carboxylic acids is 1. The lowest BCUT2D eigenvalue weighted by Gasteiger charge is -2.27. The van der Waals surface area contributed by atoms with Gasteiger partial charge in [-0.3, -0.25) is 14.0 Å². The lowest BCUT2D eigenvalue weighted by atomic mass is 10.1. The number of fused-ring (bicyclic) bond motifs is 1. The van der Waals surface area contributed by atoms with Gasteiger partial charge in [-0.25, -0.2) is 4.98 Å². The van der Waals surface area contributed by atoms with Crippen LogP contribution in [-0.4, -0.2) is 46.5 Å². The van der Waals surface area contributed by atoms with E-state index < -0.39 is 0 Å². The summed E-state index contributed by atoms with van der Waals surface area (Å²) >= 11 is 1.39. The Morgan fingerprint density at radius 1 is 1.45 bits per heavy atom. The first-order valence-electron chi connectivity index (χ1n) is 6.58. The maximum atomic E-state index is 12.6. The second kappa shape index (κ2) is 5.34. The van der Waals surface area contributed by atoms with Gasteiger partial charge in [0.15, 0.2) is 4.96 Å². The standard InChI is InChI=1S/C13H15N3O3S/c1-2-9-10(11(17)15-3-6-19-7-4-15)12(18)16-5-8-20-13(16)14-9/h5,8H,2-4,6-7H2,1H3. The molecule has 2 aromatic heterocycles.